The van der Waals surface area contributed by atoms with Crippen molar-refractivity contribution in [3.63, 3.8) is 0 Å². The maximum atomic E-state index is 11.8. The normalized spacial score (nSPS) is 12.4. The van der Waals surface area contributed by atoms with Crippen molar-refractivity contribution < 1.29 is 4.79 Å². The van der Waals surface area contributed by atoms with Crippen molar-refractivity contribution in [1.82, 2.24) is 25.1 Å². The van der Waals surface area contributed by atoms with E-state index in [1.165, 1.54) is 0 Å². The molecule has 0 aliphatic rings. The van der Waals surface area contributed by atoms with Gasteiger partial charge in [-0.1, -0.05) is 0 Å². The molecule has 1 atom stereocenters. The van der Waals surface area contributed by atoms with E-state index in [4.69, 9.17) is 0 Å². The minimum Gasteiger partial charge on any atom is -0.347 e. The Kier molecular flexibility index (Phi) is 4.26. The number of carbonyl (C=O) groups is 1. The number of aryl methyl sites for hydroxylation is 3. The third-order valence-corrected chi connectivity index (χ3v) is 3.91. The molecule has 7 heteroatoms. The second kappa shape index (κ2) is 5.92. The molecule has 0 unspecified atom stereocenters. The molecule has 0 saturated heterocycles. The number of thiazole rings is 1. The third kappa shape index (κ3) is 3.60. The molecule has 6 nitrogen and oxygen atoms in total. The Bertz CT molecular complexity index is 562. The summed E-state index contributed by atoms with van der Waals surface area (Å²) in [7, 11) is 1.87. The number of hydrogen-bond acceptors (Lipinski definition) is 5. The Balaban J connectivity index is 1.83. The molecule has 1 N–H and O–H groups in total. The summed E-state index contributed by atoms with van der Waals surface area (Å²) in [5.74, 6) is 0.816. The molecule has 2 aromatic heterocycles. The summed E-state index contributed by atoms with van der Waals surface area (Å²) in [5.41, 5.74) is 0.986. The predicted molar refractivity (Wildman–Crippen MR) is 72.7 cm³/mol. The summed E-state index contributed by atoms with van der Waals surface area (Å²) in [6.45, 7) is 3.89. The Morgan fingerprint density at radius 3 is 2.95 bits per heavy atom. The molecule has 2 rings (SSSR count). The van der Waals surface area contributed by atoms with Crippen LogP contribution in [0.2, 0.25) is 0 Å². The average molecular weight is 279 g/mol. The van der Waals surface area contributed by atoms with Crippen molar-refractivity contribution in [3.8, 4) is 0 Å². The van der Waals surface area contributed by atoms with Crippen molar-refractivity contribution in [2.75, 3.05) is 0 Å². The number of carbonyl (C=O) groups excluding carboxylic acids is 1. The number of nitrogens with zero attached hydrogens (tertiary/aromatic N) is 4. The molecule has 19 heavy (non-hydrogen) atoms. The van der Waals surface area contributed by atoms with Crippen LogP contribution < -0.4 is 5.32 Å². The van der Waals surface area contributed by atoms with E-state index in [1.807, 2.05) is 30.8 Å². The zero-order chi connectivity index (χ0) is 13.8. The Labute approximate surface area is 115 Å². The first kappa shape index (κ1) is 13.7. The van der Waals surface area contributed by atoms with Gasteiger partial charge in [-0.15, -0.1) is 21.5 Å². The Morgan fingerprint density at radius 1 is 1.58 bits per heavy atom. The van der Waals surface area contributed by atoms with Crippen LogP contribution >= 0.6 is 11.3 Å². The van der Waals surface area contributed by atoms with Crippen LogP contribution in [0.1, 0.15) is 35.9 Å². The average Bonchev–Trinajstić information content (AvgIpc) is 2.95. The van der Waals surface area contributed by atoms with Crippen molar-refractivity contribution in [1.29, 1.82) is 0 Å². The van der Waals surface area contributed by atoms with Gasteiger partial charge in [0.2, 0.25) is 5.91 Å². The van der Waals surface area contributed by atoms with Gasteiger partial charge in [-0.3, -0.25) is 4.79 Å². The van der Waals surface area contributed by atoms with Crippen LogP contribution in [0.3, 0.4) is 0 Å². The molecule has 0 saturated carbocycles. The highest BCUT2D eigenvalue weighted by Crippen LogP contribution is 2.17. The van der Waals surface area contributed by atoms with E-state index < -0.39 is 0 Å². The van der Waals surface area contributed by atoms with Gasteiger partial charge in [-0.05, 0) is 13.8 Å². The Morgan fingerprint density at radius 2 is 2.37 bits per heavy atom. The van der Waals surface area contributed by atoms with Crippen LogP contribution in [0.5, 0.6) is 0 Å². The van der Waals surface area contributed by atoms with Crippen molar-refractivity contribution in [2.24, 2.45) is 7.05 Å². The third-order valence-electron chi connectivity index (χ3n) is 2.77. The van der Waals surface area contributed by atoms with Crippen LogP contribution in [0.15, 0.2) is 11.7 Å². The minimum absolute atomic E-state index is 0.00310. The van der Waals surface area contributed by atoms with Crippen LogP contribution in [0.4, 0.5) is 0 Å². The molecule has 102 valence electrons. The summed E-state index contributed by atoms with van der Waals surface area (Å²) >= 11 is 1.57. The van der Waals surface area contributed by atoms with E-state index in [1.54, 1.807) is 17.7 Å². The highest BCUT2D eigenvalue weighted by atomic mass is 32.1. The quantitative estimate of drug-likeness (QED) is 0.897. The van der Waals surface area contributed by atoms with Gasteiger partial charge in [0.25, 0.3) is 0 Å². The fourth-order valence-corrected chi connectivity index (χ4v) is 2.51. The van der Waals surface area contributed by atoms with Gasteiger partial charge in [-0.2, -0.15) is 0 Å². The predicted octanol–water partition coefficient (Wildman–Crippen LogP) is 1.39. The van der Waals surface area contributed by atoms with Gasteiger partial charge in [0.05, 0.1) is 6.04 Å². The van der Waals surface area contributed by atoms with Gasteiger partial charge < -0.3 is 9.88 Å². The first-order chi connectivity index (χ1) is 9.06. The van der Waals surface area contributed by atoms with E-state index >= 15 is 0 Å². The molecule has 0 aromatic carbocycles. The van der Waals surface area contributed by atoms with E-state index in [9.17, 15) is 4.79 Å². The first-order valence-electron chi connectivity index (χ1n) is 6.10. The first-order valence-corrected chi connectivity index (χ1v) is 6.98. The largest absolute Gasteiger partial charge is 0.347 e. The standard InChI is InChI=1S/C12H17N5OS/c1-8-6-19-12(14-8)9(2)15-11(18)5-4-10-16-13-7-17(10)3/h6-7,9H,4-5H2,1-3H3,(H,15,18)/t9-/m1/s1. The summed E-state index contributed by atoms with van der Waals surface area (Å²) in [4.78, 5) is 16.2. The van der Waals surface area contributed by atoms with E-state index in [2.05, 4.69) is 20.5 Å². The number of aromatic nitrogens is 4. The summed E-state index contributed by atoms with van der Waals surface area (Å²) in [6, 6.07) is -0.0503. The molecule has 0 fully saturated rings. The summed E-state index contributed by atoms with van der Waals surface area (Å²) in [5, 5.41) is 13.6. The lowest BCUT2D eigenvalue weighted by Gasteiger charge is -2.10. The van der Waals surface area contributed by atoms with Gasteiger partial charge in [0.15, 0.2) is 0 Å². The maximum absolute atomic E-state index is 11.8. The van der Waals surface area contributed by atoms with E-state index in [-0.39, 0.29) is 11.9 Å². The molecule has 1 amide bonds. The van der Waals surface area contributed by atoms with E-state index in [0.29, 0.717) is 12.8 Å². The fourth-order valence-electron chi connectivity index (χ4n) is 1.71. The smallest absolute Gasteiger partial charge is 0.221 e. The Hall–Kier alpha value is -1.76. The monoisotopic (exact) mass is 279 g/mol. The highest BCUT2D eigenvalue weighted by molar-refractivity contribution is 7.09. The summed E-state index contributed by atoms with van der Waals surface area (Å²) < 4.78 is 1.82. The van der Waals surface area contributed by atoms with Gasteiger partial charge in [0, 0.05) is 31.0 Å². The van der Waals surface area contributed by atoms with Gasteiger partial charge in [-0.25, -0.2) is 4.98 Å². The van der Waals surface area contributed by atoms with Crippen LogP contribution in [-0.2, 0) is 18.3 Å². The zero-order valence-corrected chi connectivity index (χ0v) is 12.1. The molecular weight excluding hydrogens is 262 g/mol. The topological polar surface area (TPSA) is 72.7 Å². The van der Waals surface area contributed by atoms with Crippen molar-refractivity contribution >= 4 is 17.2 Å². The SMILES string of the molecule is Cc1csc([C@@H](C)NC(=O)CCc2nncn2C)n1. The lowest BCUT2D eigenvalue weighted by molar-refractivity contribution is -0.121. The van der Waals surface area contributed by atoms with Crippen molar-refractivity contribution in [3.05, 3.63) is 28.2 Å². The van der Waals surface area contributed by atoms with E-state index in [0.717, 1.165) is 16.5 Å². The number of hydrogen-bond donors (Lipinski definition) is 1. The number of nitrogens with one attached hydrogen (secondary N) is 1. The minimum atomic E-state index is -0.0503. The molecule has 2 aromatic rings. The zero-order valence-electron chi connectivity index (χ0n) is 11.3. The number of amides is 1. The molecule has 0 bridgehead atoms. The van der Waals surface area contributed by atoms with Gasteiger partial charge >= 0.3 is 0 Å². The summed E-state index contributed by atoms with van der Waals surface area (Å²) in [6.07, 6.45) is 2.63. The second-order valence-corrected chi connectivity index (χ2v) is 5.36. The van der Waals surface area contributed by atoms with Crippen LogP contribution in [0.25, 0.3) is 0 Å². The van der Waals surface area contributed by atoms with Crippen molar-refractivity contribution in [2.45, 2.75) is 32.7 Å². The molecule has 0 radical (unpaired) electrons. The lowest BCUT2D eigenvalue weighted by atomic mass is 10.2. The van der Waals surface area contributed by atoms with Crippen LogP contribution in [-0.4, -0.2) is 25.7 Å². The molecule has 0 aliphatic carbocycles. The lowest BCUT2D eigenvalue weighted by Crippen LogP contribution is -2.27. The molecular formula is C12H17N5OS. The number of rotatable bonds is 5. The fraction of sp³-hybridized carbons (Fsp3) is 0.500. The molecule has 2 heterocycles. The second-order valence-electron chi connectivity index (χ2n) is 4.47. The molecule has 0 spiro atoms. The van der Waals surface area contributed by atoms with Crippen LogP contribution in [0, 0.1) is 6.92 Å². The maximum Gasteiger partial charge on any atom is 0.221 e. The molecule has 0 aliphatic heterocycles. The van der Waals surface area contributed by atoms with Gasteiger partial charge in [0.1, 0.15) is 17.2 Å². The highest BCUT2D eigenvalue weighted by Gasteiger charge is 2.13.